The number of carbonyl (C=O) groups excluding carboxylic acids is 1. The topological polar surface area (TPSA) is 75.4 Å². The molecule has 6 heteroatoms. The molecular weight excluding hydrogens is 274 g/mol. The SMILES string of the molecule is CN(C)c1ccc(C(=O)NC2CCS(=O)CC2)cc1N. The summed E-state index contributed by atoms with van der Waals surface area (Å²) in [4.78, 5) is 14.1. The van der Waals surface area contributed by atoms with E-state index in [1.165, 1.54) is 0 Å². The van der Waals surface area contributed by atoms with E-state index in [-0.39, 0.29) is 11.9 Å². The highest BCUT2D eigenvalue weighted by Gasteiger charge is 2.20. The molecule has 0 spiro atoms. The van der Waals surface area contributed by atoms with Crippen LogP contribution in [-0.2, 0) is 10.8 Å². The Bertz CT molecular complexity index is 521. The van der Waals surface area contributed by atoms with Crippen LogP contribution in [0.2, 0.25) is 0 Å². The monoisotopic (exact) mass is 295 g/mol. The molecule has 20 heavy (non-hydrogen) atoms. The van der Waals surface area contributed by atoms with Gasteiger partial charge in [-0.2, -0.15) is 0 Å². The maximum atomic E-state index is 12.2. The number of carbonyl (C=O) groups is 1. The number of hydrogen-bond donors (Lipinski definition) is 2. The highest BCUT2D eigenvalue weighted by Crippen LogP contribution is 2.22. The fraction of sp³-hybridized carbons (Fsp3) is 0.500. The molecule has 1 saturated heterocycles. The molecule has 1 aliphatic rings. The first-order valence-corrected chi connectivity index (χ1v) is 8.19. The maximum Gasteiger partial charge on any atom is 0.251 e. The summed E-state index contributed by atoms with van der Waals surface area (Å²) in [5, 5.41) is 2.99. The lowest BCUT2D eigenvalue weighted by molar-refractivity contribution is 0.0934. The van der Waals surface area contributed by atoms with E-state index in [2.05, 4.69) is 5.32 Å². The Morgan fingerprint density at radius 3 is 2.55 bits per heavy atom. The van der Waals surface area contributed by atoms with Gasteiger partial charge < -0.3 is 16.0 Å². The summed E-state index contributed by atoms with van der Waals surface area (Å²) in [5.41, 5.74) is 8.01. The van der Waals surface area contributed by atoms with Gasteiger partial charge in [0.1, 0.15) is 0 Å². The van der Waals surface area contributed by atoms with Crippen molar-refractivity contribution in [3.8, 4) is 0 Å². The maximum absolute atomic E-state index is 12.2. The molecule has 0 aromatic heterocycles. The van der Waals surface area contributed by atoms with Crippen LogP contribution in [0, 0.1) is 0 Å². The summed E-state index contributed by atoms with van der Waals surface area (Å²) in [7, 11) is 3.11. The number of nitrogens with two attached hydrogens (primary N) is 1. The van der Waals surface area contributed by atoms with Crippen LogP contribution < -0.4 is 16.0 Å². The van der Waals surface area contributed by atoms with Crippen molar-refractivity contribution in [2.24, 2.45) is 0 Å². The zero-order valence-electron chi connectivity index (χ0n) is 11.9. The number of nitrogens with zero attached hydrogens (tertiary/aromatic N) is 1. The third kappa shape index (κ3) is 3.50. The average molecular weight is 295 g/mol. The Labute approximate surface area is 122 Å². The van der Waals surface area contributed by atoms with E-state index in [1.807, 2.05) is 25.1 Å². The number of hydrogen-bond acceptors (Lipinski definition) is 4. The number of amides is 1. The summed E-state index contributed by atoms with van der Waals surface area (Å²) in [6.07, 6.45) is 1.56. The number of nitrogen functional groups attached to an aromatic ring is 1. The lowest BCUT2D eigenvalue weighted by atomic mass is 10.1. The largest absolute Gasteiger partial charge is 0.397 e. The average Bonchev–Trinajstić information content (AvgIpc) is 2.40. The van der Waals surface area contributed by atoms with Crippen LogP contribution >= 0.6 is 0 Å². The van der Waals surface area contributed by atoms with E-state index in [9.17, 15) is 9.00 Å². The smallest absolute Gasteiger partial charge is 0.251 e. The fourth-order valence-corrected chi connectivity index (χ4v) is 3.61. The summed E-state index contributed by atoms with van der Waals surface area (Å²) in [6.45, 7) is 0. The molecule has 0 unspecified atom stereocenters. The van der Waals surface area contributed by atoms with E-state index in [0.717, 1.165) is 18.5 Å². The summed E-state index contributed by atoms with van der Waals surface area (Å²) >= 11 is 0. The molecule has 0 bridgehead atoms. The molecule has 1 fully saturated rings. The Morgan fingerprint density at radius 1 is 1.35 bits per heavy atom. The van der Waals surface area contributed by atoms with Crippen LogP contribution in [0.3, 0.4) is 0 Å². The van der Waals surface area contributed by atoms with Crippen LogP contribution in [0.15, 0.2) is 18.2 Å². The minimum atomic E-state index is -0.709. The molecule has 110 valence electrons. The Kier molecular flexibility index (Phi) is 4.65. The molecule has 2 rings (SSSR count). The number of rotatable bonds is 3. The Hall–Kier alpha value is -1.56. The second-order valence-corrected chi connectivity index (χ2v) is 6.96. The molecule has 1 amide bonds. The standard InChI is InChI=1S/C14H21N3O2S/c1-17(2)13-4-3-10(9-12(13)15)14(18)16-11-5-7-20(19)8-6-11/h3-4,9,11H,5-8,15H2,1-2H3,(H,16,18). The second-order valence-electron chi connectivity index (χ2n) is 5.26. The highest BCUT2D eigenvalue weighted by atomic mass is 32.2. The number of anilines is 2. The predicted octanol–water partition coefficient (Wildman–Crippen LogP) is 0.976. The van der Waals surface area contributed by atoms with Crippen molar-refractivity contribution < 1.29 is 9.00 Å². The molecule has 5 nitrogen and oxygen atoms in total. The normalized spacial score (nSPS) is 22.3. The van der Waals surface area contributed by atoms with Gasteiger partial charge in [0.25, 0.3) is 5.91 Å². The van der Waals surface area contributed by atoms with Crippen LogP contribution in [0.5, 0.6) is 0 Å². The zero-order valence-corrected chi connectivity index (χ0v) is 12.7. The van der Waals surface area contributed by atoms with Crippen molar-refractivity contribution >= 4 is 28.1 Å². The van der Waals surface area contributed by atoms with Gasteiger partial charge >= 0.3 is 0 Å². The van der Waals surface area contributed by atoms with Crippen molar-refractivity contribution in [2.75, 3.05) is 36.2 Å². The molecule has 1 aliphatic heterocycles. The van der Waals surface area contributed by atoms with E-state index in [1.54, 1.807) is 12.1 Å². The molecule has 0 aliphatic carbocycles. The quantitative estimate of drug-likeness (QED) is 0.815. The van der Waals surface area contributed by atoms with E-state index < -0.39 is 10.8 Å². The molecular formula is C14H21N3O2S. The Morgan fingerprint density at radius 2 is 2.00 bits per heavy atom. The molecule has 1 heterocycles. The molecule has 1 aromatic rings. The molecule has 0 atom stereocenters. The van der Waals surface area contributed by atoms with E-state index >= 15 is 0 Å². The van der Waals surface area contributed by atoms with Gasteiger partial charge in [0.05, 0.1) is 11.4 Å². The molecule has 0 radical (unpaired) electrons. The van der Waals surface area contributed by atoms with Crippen LogP contribution in [0.4, 0.5) is 11.4 Å². The summed E-state index contributed by atoms with van der Waals surface area (Å²) in [5.74, 6) is 1.24. The van der Waals surface area contributed by atoms with Crippen molar-refractivity contribution in [3.63, 3.8) is 0 Å². The fourth-order valence-electron chi connectivity index (χ4n) is 2.31. The van der Waals surface area contributed by atoms with E-state index in [4.69, 9.17) is 5.73 Å². The summed E-state index contributed by atoms with van der Waals surface area (Å²) in [6, 6.07) is 5.45. The van der Waals surface area contributed by atoms with Gasteiger partial charge in [-0.15, -0.1) is 0 Å². The van der Waals surface area contributed by atoms with Gasteiger partial charge in [0, 0.05) is 48.0 Å². The first-order valence-electron chi connectivity index (χ1n) is 6.70. The van der Waals surface area contributed by atoms with E-state index in [0.29, 0.717) is 22.8 Å². The highest BCUT2D eigenvalue weighted by molar-refractivity contribution is 7.85. The van der Waals surface area contributed by atoms with Crippen molar-refractivity contribution in [1.82, 2.24) is 5.32 Å². The summed E-state index contributed by atoms with van der Waals surface area (Å²) < 4.78 is 11.3. The van der Waals surface area contributed by atoms with Crippen LogP contribution in [0.1, 0.15) is 23.2 Å². The minimum Gasteiger partial charge on any atom is -0.397 e. The lowest BCUT2D eigenvalue weighted by Gasteiger charge is -2.23. The lowest BCUT2D eigenvalue weighted by Crippen LogP contribution is -2.39. The van der Waals surface area contributed by atoms with Crippen molar-refractivity contribution in [1.29, 1.82) is 0 Å². The van der Waals surface area contributed by atoms with Gasteiger partial charge in [-0.1, -0.05) is 0 Å². The third-order valence-electron chi connectivity index (χ3n) is 3.49. The predicted molar refractivity (Wildman–Crippen MR) is 83.5 cm³/mol. The van der Waals surface area contributed by atoms with Gasteiger partial charge in [0.15, 0.2) is 0 Å². The van der Waals surface area contributed by atoms with Crippen molar-refractivity contribution in [3.05, 3.63) is 23.8 Å². The number of benzene rings is 1. The Balaban J connectivity index is 2.02. The zero-order chi connectivity index (χ0) is 14.7. The second kappa shape index (κ2) is 6.26. The van der Waals surface area contributed by atoms with Gasteiger partial charge in [-0.3, -0.25) is 9.00 Å². The van der Waals surface area contributed by atoms with Crippen LogP contribution in [0.25, 0.3) is 0 Å². The van der Waals surface area contributed by atoms with Crippen molar-refractivity contribution in [2.45, 2.75) is 18.9 Å². The first kappa shape index (κ1) is 14.8. The minimum absolute atomic E-state index is 0.111. The third-order valence-corrected chi connectivity index (χ3v) is 4.88. The van der Waals surface area contributed by atoms with Gasteiger partial charge in [0.2, 0.25) is 0 Å². The number of nitrogens with one attached hydrogen (secondary N) is 1. The molecule has 1 aromatic carbocycles. The van der Waals surface area contributed by atoms with Gasteiger partial charge in [-0.05, 0) is 31.0 Å². The molecule has 0 saturated carbocycles. The first-order chi connectivity index (χ1) is 9.47. The molecule has 3 N–H and O–H groups in total. The van der Waals surface area contributed by atoms with Gasteiger partial charge in [-0.25, -0.2) is 0 Å². The van der Waals surface area contributed by atoms with Crippen LogP contribution in [-0.4, -0.2) is 41.8 Å².